The summed E-state index contributed by atoms with van der Waals surface area (Å²) in [6.45, 7) is 0. The van der Waals surface area contributed by atoms with E-state index in [0.29, 0.717) is 5.56 Å². The minimum atomic E-state index is -0.530. The molecule has 0 aromatic heterocycles. The van der Waals surface area contributed by atoms with Gasteiger partial charge in [0.25, 0.3) is 5.69 Å². The van der Waals surface area contributed by atoms with Crippen LogP contribution in [0.25, 0.3) is 11.6 Å². The van der Waals surface area contributed by atoms with Gasteiger partial charge in [-0.1, -0.05) is 18.2 Å². The molecule has 0 radical (unpaired) electrons. The van der Waals surface area contributed by atoms with E-state index in [-0.39, 0.29) is 28.3 Å². The Morgan fingerprint density at radius 1 is 1.36 bits per heavy atom. The number of nitro benzene ring substituents is 1. The fraction of sp³-hybridized carbons (Fsp3) is 0.0625. The summed E-state index contributed by atoms with van der Waals surface area (Å²) in [5.74, 6) is 0.234. The van der Waals surface area contributed by atoms with E-state index < -0.39 is 4.92 Å². The predicted octanol–water partition coefficient (Wildman–Crippen LogP) is 3.37. The summed E-state index contributed by atoms with van der Waals surface area (Å²) in [6, 6.07) is 12.6. The van der Waals surface area contributed by atoms with E-state index in [1.54, 1.807) is 24.3 Å². The fourth-order valence-corrected chi connectivity index (χ4v) is 1.98. The molecule has 2 rings (SSSR count). The first-order valence-corrected chi connectivity index (χ1v) is 6.29. The molecule has 0 amide bonds. The molecule has 0 fully saturated rings. The van der Waals surface area contributed by atoms with Gasteiger partial charge in [-0.25, -0.2) is 0 Å². The van der Waals surface area contributed by atoms with Crippen LogP contribution in [0.3, 0.4) is 0 Å². The topological polar surface area (TPSA) is 96.4 Å². The van der Waals surface area contributed by atoms with Crippen LogP contribution in [0.4, 0.5) is 5.69 Å². The Balaban J connectivity index is 2.54. The van der Waals surface area contributed by atoms with Crippen LogP contribution in [0.1, 0.15) is 11.1 Å². The number of hydrogen-bond acceptors (Lipinski definition) is 5. The molecule has 22 heavy (non-hydrogen) atoms. The summed E-state index contributed by atoms with van der Waals surface area (Å²) in [6.07, 6.45) is 1.50. The zero-order valence-electron chi connectivity index (χ0n) is 11.7. The lowest BCUT2D eigenvalue weighted by atomic mass is 10.0. The average Bonchev–Trinajstić information content (AvgIpc) is 2.54. The van der Waals surface area contributed by atoms with Crippen LogP contribution >= 0.6 is 0 Å². The zero-order chi connectivity index (χ0) is 16.1. The number of aromatic hydroxyl groups is 1. The van der Waals surface area contributed by atoms with Crippen molar-refractivity contribution in [2.45, 2.75) is 0 Å². The maximum atomic E-state index is 11.1. The highest BCUT2D eigenvalue weighted by molar-refractivity contribution is 5.92. The van der Waals surface area contributed by atoms with E-state index in [2.05, 4.69) is 0 Å². The van der Waals surface area contributed by atoms with E-state index >= 15 is 0 Å². The van der Waals surface area contributed by atoms with Crippen molar-refractivity contribution in [3.63, 3.8) is 0 Å². The van der Waals surface area contributed by atoms with Gasteiger partial charge < -0.3 is 9.84 Å². The standard InChI is InChI=1S/C16H12N2O4/c1-22-16-9-11(6-7-15(16)19)8-12(10-17)13-4-2-3-5-14(13)18(20)21/h2-9,19H,1H3. The van der Waals surface area contributed by atoms with Gasteiger partial charge in [-0.05, 0) is 29.8 Å². The number of nitriles is 1. The number of benzene rings is 2. The van der Waals surface area contributed by atoms with Crippen molar-refractivity contribution in [1.29, 1.82) is 5.26 Å². The van der Waals surface area contributed by atoms with Gasteiger partial charge in [0.1, 0.15) is 6.07 Å². The van der Waals surface area contributed by atoms with Crippen molar-refractivity contribution in [1.82, 2.24) is 0 Å². The average molecular weight is 296 g/mol. The molecule has 0 atom stereocenters. The van der Waals surface area contributed by atoms with Gasteiger partial charge in [0.15, 0.2) is 11.5 Å². The smallest absolute Gasteiger partial charge is 0.277 e. The molecule has 2 aromatic rings. The Kier molecular flexibility index (Phi) is 4.39. The van der Waals surface area contributed by atoms with Crippen molar-refractivity contribution in [3.05, 3.63) is 63.7 Å². The van der Waals surface area contributed by atoms with Gasteiger partial charge >= 0.3 is 0 Å². The van der Waals surface area contributed by atoms with Crippen LogP contribution in [0.15, 0.2) is 42.5 Å². The molecule has 0 aliphatic heterocycles. The van der Waals surface area contributed by atoms with Gasteiger partial charge in [-0.2, -0.15) is 5.26 Å². The Hall–Kier alpha value is -3.33. The number of phenols is 1. The second-order valence-corrected chi connectivity index (χ2v) is 4.38. The van der Waals surface area contributed by atoms with Crippen LogP contribution in [-0.2, 0) is 0 Å². The molecule has 6 heteroatoms. The lowest BCUT2D eigenvalue weighted by Crippen LogP contribution is -1.94. The highest BCUT2D eigenvalue weighted by Crippen LogP contribution is 2.30. The number of methoxy groups -OCH3 is 1. The lowest BCUT2D eigenvalue weighted by molar-refractivity contribution is -0.385. The second-order valence-electron chi connectivity index (χ2n) is 4.38. The van der Waals surface area contributed by atoms with E-state index in [9.17, 15) is 20.5 Å². The monoisotopic (exact) mass is 296 g/mol. The minimum Gasteiger partial charge on any atom is -0.504 e. The first-order chi connectivity index (χ1) is 10.6. The van der Waals surface area contributed by atoms with Crippen LogP contribution < -0.4 is 4.74 Å². The largest absolute Gasteiger partial charge is 0.504 e. The molecule has 6 nitrogen and oxygen atoms in total. The second kappa shape index (κ2) is 6.41. The van der Waals surface area contributed by atoms with E-state index in [1.807, 2.05) is 6.07 Å². The molecule has 0 aliphatic carbocycles. The number of allylic oxidation sites excluding steroid dienone is 1. The predicted molar refractivity (Wildman–Crippen MR) is 81.2 cm³/mol. The maximum absolute atomic E-state index is 11.1. The van der Waals surface area contributed by atoms with E-state index in [4.69, 9.17) is 4.74 Å². The van der Waals surface area contributed by atoms with E-state index in [1.165, 1.54) is 31.4 Å². The molecule has 1 N–H and O–H groups in total. The molecular formula is C16H12N2O4. The number of rotatable bonds is 4. The first kappa shape index (κ1) is 15.1. The molecule has 0 heterocycles. The highest BCUT2D eigenvalue weighted by Gasteiger charge is 2.16. The summed E-state index contributed by atoms with van der Waals surface area (Å²) in [7, 11) is 1.41. The number of para-hydroxylation sites is 1. The van der Waals surface area contributed by atoms with Gasteiger partial charge in [0.2, 0.25) is 0 Å². The number of phenolic OH excluding ortho intramolecular Hbond substituents is 1. The summed E-state index contributed by atoms with van der Waals surface area (Å²) in [5, 5.41) is 29.9. The molecule has 0 unspecified atom stereocenters. The molecule has 0 bridgehead atoms. The Bertz CT molecular complexity index is 791. The van der Waals surface area contributed by atoms with Crippen LogP contribution in [0.5, 0.6) is 11.5 Å². The minimum absolute atomic E-state index is 0.0242. The quantitative estimate of drug-likeness (QED) is 0.404. The third-order valence-corrected chi connectivity index (χ3v) is 3.03. The summed E-state index contributed by atoms with van der Waals surface area (Å²) >= 11 is 0. The molecule has 0 saturated carbocycles. The molecule has 2 aromatic carbocycles. The molecule has 0 saturated heterocycles. The van der Waals surface area contributed by atoms with Gasteiger partial charge in [-0.3, -0.25) is 10.1 Å². The zero-order valence-corrected chi connectivity index (χ0v) is 11.7. The lowest BCUT2D eigenvalue weighted by Gasteiger charge is -2.05. The number of nitrogens with zero attached hydrogens (tertiary/aromatic N) is 2. The Labute approximate surface area is 126 Å². The molecule has 110 valence electrons. The SMILES string of the molecule is COc1cc(C=C(C#N)c2ccccc2[N+](=O)[O-])ccc1O. The summed E-state index contributed by atoms with van der Waals surface area (Å²) in [4.78, 5) is 10.5. The summed E-state index contributed by atoms with van der Waals surface area (Å²) in [5.41, 5.74) is 0.840. The third-order valence-electron chi connectivity index (χ3n) is 3.03. The van der Waals surface area contributed by atoms with Gasteiger partial charge in [0, 0.05) is 6.07 Å². The van der Waals surface area contributed by atoms with Crippen molar-refractivity contribution in [2.24, 2.45) is 0 Å². The van der Waals surface area contributed by atoms with Crippen LogP contribution in [-0.4, -0.2) is 17.1 Å². The molecule has 0 aliphatic rings. The number of hydrogen-bond donors (Lipinski definition) is 1. The van der Waals surface area contributed by atoms with Crippen molar-refractivity contribution >= 4 is 17.3 Å². The third kappa shape index (κ3) is 3.04. The van der Waals surface area contributed by atoms with Crippen LogP contribution in [0.2, 0.25) is 0 Å². The highest BCUT2D eigenvalue weighted by atomic mass is 16.6. The normalized spacial score (nSPS) is 10.8. The van der Waals surface area contributed by atoms with Gasteiger partial charge in [0.05, 0.1) is 23.2 Å². The van der Waals surface area contributed by atoms with Crippen molar-refractivity contribution in [3.8, 4) is 17.6 Å². The van der Waals surface area contributed by atoms with E-state index in [0.717, 1.165) is 0 Å². The van der Waals surface area contributed by atoms with Gasteiger partial charge in [-0.15, -0.1) is 0 Å². The molecular weight excluding hydrogens is 284 g/mol. The Morgan fingerprint density at radius 3 is 2.73 bits per heavy atom. The maximum Gasteiger partial charge on any atom is 0.277 e. The van der Waals surface area contributed by atoms with Crippen molar-refractivity contribution in [2.75, 3.05) is 7.11 Å². The number of ether oxygens (including phenoxy) is 1. The molecule has 0 spiro atoms. The number of nitro groups is 1. The van der Waals surface area contributed by atoms with Crippen molar-refractivity contribution < 1.29 is 14.8 Å². The first-order valence-electron chi connectivity index (χ1n) is 6.29. The van der Waals surface area contributed by atoms with Crippen LogP contribution in [0, 0.1) is 21.4 Å². The fourth-order valence-electron chi connectivity index (χ4n) is 1.98. The summed E-state index contributed by atoms with van der Waals surface area (Å²) < 4.78 is 5.00. The Morgan fingerprint density at radius 2 is 2.09 bits per heavy atom.